The van der Waals surface area contributed by atoms with Gasteiger partial charge < -0.3 is 19.7 Å². The predicted octanol–water partition coefficient (Wildman–Crippen LogP) is 3.21. The highest BCUT2D eigenvalue weighted by Crippen LogP contribution is 2.33. The van der Waals surface area contributed by atoms with Crippen molar-refractivity contribution in [2.75, 3.05) is 31.1 Å². The summed E-state index contributed by atoms with van der Waals surface area (Å²) in [5, 5.41) is 2.86. The third kappa shape index (κ3) is 6.15. The molecule has 0 saturated carbocycles. The molecule has 10 heteroatoms. The van der Waals surface area contributed by atoms with Crippen molar-refractivity contribution in [2.24, 2.45) is 0 Å². The Hall–Kier alpha value is -3.89. The van der Waals surface area contributed by atoms with Gasteiger partial charge >= 0.3 is 0 Å². The lowest BCUT2D eigenvalue weighted by Crippen LogP contribution is -2.51. The largest absolute Gasteiger partial charge is 0.484 e. The monoisotopic (exact) mass is 537 g/mol. The molecule has 1 atom stereocenters. The fourth-order valence-corrected chi connectivity index (χ4v) is 5.61. The lowest BCUT2D eigenvalue weighted by atomic mass is 10.1. The van der Waals surface area contributed by atoms with Gasteiger partial charge in [0.15, 0.2) is 12.7 Å². The molecule has 1 N–H and O–H groups in total. The van der Waals surface area contributed by atoms with E-state index in [9.17, 15) is 18.0 Å². The van der Waals surface area contributed by atoms with Crippen LogP contribution in [0.25, 0.3) is 0 Å². The standard InChI is InChI=1S/C28H31N3O6S/c1-3-30(4-2)38(34,35)23-16-14-22(15-17-23)36-20-27(32)31-19-26(37-25-13-9-8-12-24(25)31)28(33)29-18-21-10-6-5-7-11-21/h5-17,26H,3-4,18-20H2,1-2H3,(H,29,33)/t26-/m1/s1. The summed E-state index contributed by atoms with van der Waals surface area (Å²) in [6.45, 7) is 4.39. The number of ether oxygens (including phenoxy) is 2. The summed E-state index contributed by atoms with van der Waals surface area (Å²) in [4.78, 5) is 27.7. The smallest absolute Gasteiger partial charge is 0.265 e. The summed E-state index contributed by atoms with van der Waals surface area (Å²) in [5.41, 5.74) is 1.50. The number of sulfonamides is 1. The van der Waals surface area contributed by atoms with Crippen LogP contribution in [0.5, 0.6) is 11.5 Å². The number of para-hydroxylation sites is 2. The number of carbonyl (C=O) groups excluding carboxylic acids is 2. The first-order valence-electron chi connectivity index (χ1n) is 12.4. The highest BCUT2D eigenvalue weighted by molar-refractivity contribution is 7.89. The Morgan fingerprint density at radius 2 is 1.63 bits per heavy atom. The Morgan fingerprint density at radius 3 is 2.32 bits per heavy atom. The fraction of sp³-hybridized carbons (Fsp3) is 0.286. The van der Waals surface area contributed by atoms with Crippen LogP contribution in [0, 0.1) is 0 Å². The Balaban J connectivity index is 1.41. The molecule has 0 fully saturated rings. The molecule has 0 bridgehead atoms. The van der Waals surface area contributed by atoms with Crippen molar-refractivity contribution in [1.82, 2.24) is 9.62 Å². The van der Waals surface area contributed by atoms with Crippen molar-refractivity contribution in [1.29, 1.82) is 0 Å². The molecule has 3 aromatic rings. The molecule has 4 rings (SSSR count). The van der Waals surface area contributed by atoms with E-state index >= 15 is 0 Å². The first-order valence-corrected chi connectivity index (χ1v) is 13.9. The number of rotatable bonds is 10. The molecule has 3 aromatic carbocycles. The SMILES string of the molecule is CCN(CC)S(=O)(=O)c1ccc(OCC(=O)N2C[C@H](C(=O)NCc3ccccc3)Oc3ccccc32)cc1. The Bertz CT molecular complexity index is 1360. The van der Waals surface area contributed by atoms with Crippen LogP contribution >= 0.6 is 0 Å². The van der Waals surface area contributed by atoms with Crippen LogP contribution in [0.1, 0.15) is 19.4 Å². The summed E-state index contributed by atoms with van der Waals surface area (Å²) < 4.78 is 38.3. The van der Waals surface area contributed by atoms with Gasteiger partial charge in [-0.05, 0) is 42.0 Å². The Labute approximate surface area is 223 Å². The van der Waals surface area contributed by atoms with Gasteiger partial charge in [0.1, 0.15) is 11.5 Å². The molecule has 9 nitrogen and oxygen atoms in total. The van der Waals surface area contributed by atoms with E-state index < -0.39 is 16.1 Å². The zero-order valence-corrected chi connectivity index (χ0v) is 22.2. The molecule has 0 unspecified atom stereocenters. The fourth-order valence-electron chi connectivity index (χ4n) is 4.15. The Morgan fingerprint density at radius 1 is 0.974 bits per heavy atom. The van der Waals surface area contributed by atoms with E-state index in [1.54, 1.807) is 38.1 Å². The van der Waals surface area contributed by atoms with Gasteiger partial charge in [0.05, 0.1) is 17.1 Å². The van der Waals surface area contributed by atoms with E-state index in [2.05, 4.69) is 5.32 Å². The summed E-state index contributed by atoms with van der Waals surface area (Å²) in [7, 11) is -3.59. The molecule has 38 heavy (non-hydrogen) atoms. The molecule has 1 heterocycles. The summed E-state index contributed by atoms with van der Waals surface area (Å²) in [6.07, 6.45) is -0.887. The average Bonchev–Trinajstić information content (AvgIpc) is 2.95. The van der Waals surface area contributed by atoms with Crippen LogP contribution in [-0.4, -0.2) is 56.9 Å². The summed E-state index contributed by atoms with van der Waals surface area (Å²) in [5.74, 6) is 0.0991. The van der Waals surface area contributed by atoms with Crippen LogP contribution in [0.15, 0.2) is 83.8 Å². The van der Waals surface area contributed by atoms with Gasteiger partial charge in [-0.2, -0.15) is 4.31 Å². The van der Waals surface area contributed by atoms with Gasteiger partial charge in [-0.3, -0.25) is 9.59 Å². The normalized spacial score (nSPS) is 14.9. The second-order valence-corrected chi connectivity index (χ2v) is 10.6. The average molecular weight is 538 g/mol. The minimum absolute atomic E-state index is 0.0287. The van der Waals surface area contributed by atoms with Crippen molar-refractivity contribution in [2.45, 2.75) is 31.4 Å². The van der Waals surface area contributed by atoms with E-state index in [-0.39, 0.29) is 29.9 Å². The maximum Gasteiger partial charge on any atom is 0.265 e. The molecule has 0 saturated heterocycles. The topological polar surface area (TPSA) is 105 Å². The van der Waals surface area contributed by atoms with Crippen molar-refractivity contribution < 1.29 is 27.5 Å². The number of fused-ring (bicyclic) bond motifs is 1. The lowest BCUT2D eigenvalue weighted by Gasteiger charge is -2.34. The number of nitrogens with zero attached hydrogens (tertiary/aromatic N) is 2. The molecular formula is C28H31N3O6S. The minimum atomic E-state index is -3.59. The van der Waals surface area contributed by atoms with Crippen LogP contribution in [0.4, 0.5) is 5.69 Å². The highest BCUT2D eigenvalue weighted by Gasteiger charge is 2.34. The molecule has 0 spiro atoms. The van der Waals surface area contributed by atoms with E-state index in [0.717, 1.165) is 5.56 Å². The molecule has 1 aliphatic rings. The molecule has 200 valence electrons. The van der Waals surface area contributed by atoms with Gasteiger partial charge in [0, 0.05) is 19.6 Å². The first-order chi connectivity index (χ1) is 18.3. The second kappa shape index (κ2) is 12.1. The molecule has 0 aromatic heterocycles. The maximum absolute atomic E-state index is 13.2. The van der Waals surface area contributed by atoms with E-state index in [1.807, 2.05) is 30.3 Å². The number of hydrogen-bond acceptors (Lipinski definition) is 6. The van der Waals surface area contributed by atoms with Crippen molar-refractivity contribution in [3.05, 3.63) is 84.4 Å². The van der Waals surface area contributed by atoms with Gasteiger partial charge in [0.2, 0.25) is 10.0 Å². The van der Waals surface area contributed by atoms with Crippen molar-refractivity contribution in [3.8, 4) is 11.5 Å². The Kier molecular flexibility index (Phi) is 8.65. The van der Waals surface area contributed by atoms with Gasteiger partial charge in [0.25, 0.3) is 11.8 Å². The quantitative estimate of drug-likeness (QED) is 0.426. The lowest BCUT2D eigenvalue weighted by molar-refractivity contribution is -0.128. The number of carbonyl (C=O) groups is 2. The summed E-state index contributed by atoms with van der Waals surface area (Å²) >= 11 is 0. The van der Waals surface area contributed by atoms with Crippen LogP contribution in [-0.2, 0) is 26.2 Å². The number of benzene rings is 3. The number of anilines is 1. The van der Waals surface area contributed by atoms with Crippen LogP contribution < -0.4 is 19.7 Å². The molecule has 0 aliphatic carbocycles. The maximum atomic E-state index is 13.2. The summed E-state index contributed by atoms with van der Waals surface area (Å²) in [6, 6.07) is 22.5. The molecule has 1 aliphatic heterocycles. The number of nitrogens with one attached hydrogen (secondary N) is 1. The first kappa shape index (κ1) is 27.2. The molecule has 2 amide bonds. The van der Waals surface area contributed by atoms with Gasteiger partial charge in [-0.25, -0.2) is 8.42 Å². The minimum Gasteiger partial charge on any atom is -0.484 e. The van der Waals surface area contributed by atoms with E-state index in [0.29, 0.717) is 36.8 Å². The number of amides is 2. The second-order valence-electron chi connectivity index (χ2n) is 8.63. The zero-order chi connectivity index (χ0) is 27.1. The number of hydrogen-bond donors (Lipinski definition) is 1. The van der Waals surface area contributed by atoms with Crippen LogP contribution in [0.3, 0.4) is 0 Å². The van der Waals surface area contributed by atoms with Gasteiger partial charge in [-0.15, -0.1) is 0 Å². The third-order valence-corrected chi connectivity index (χ3v) is 8.27. The molecule has 0 radical (unpaired) electrons. The highest BCUT2D eigenvalue weighted by atomic mass is 32.2. The zero-order valence-electron chi connectivity index (χ0n) is 21.4. The molecular weight excluding hydrogens is 506 g/mol. The van der Waals surface area contributed by atoms with Gasteiger partial charge in [-0.1, -0.05) is 56.3 Å². The van der Waals surface area contributed by atoms with E-state index in [1.165, 1.54) is 33.5 Å². The third-order valence-electron chi connectivity index (χ3n) is 6.21. The van der Waals surface area contributed by atoms with Crippen molar-refractivity contribution in [3.63, 3.8) is 0 Å². The van der Waals surface area contributed by atoms with Crippen LogP contribution in [0.2, 0.25) is 0 Å². The van der Waals surface area contributed by atoms with E-state index in [4.69, 9.17) is 9.47 Å². The van der Waals surface area contributed by atoms with Crippen molar-refractivity contribution >= 4 is 27.5 Å². The predicted molar refractivity (Wildman–Crippen MR) is 144 cm³/mol.